The lowest BCUT2D eigenvalue weighted by Crippen LogP contribution is -2.16. The average molecular weight is 313 g/mol. The van der Waals surface area contributed by atoms with Crippen LogP contribution < -0.4 is 0 Å². The molecule has 0 aliphatic heterocycles. The van der Waals surface area contributed by atoms with Crippen LogP contribution in [0.5, 0.6) is 0 Å². The predicted octanol–water partition coefficient (Wildman–Crippen LogP) is 4.66. The van der Waals surface area contributed by atoms with E-state index in [9.17, 15) is 9.90 Å². The van der Waals surface area contributed by atoms with Crippen LogP contribution in [0.25, 0.3) is 0 Å². The van der Waals surface area contributed by atoms with E-state index < -0.39 is 5.97 Å². The van der Waals surface area contributed by atoms with E-state index >= 15 is 0 Å². The number of unbranched alkanes of at least 4 members (excludes halogenated alkanes) is 3. The first-order chi connectivity index (χ1) is 8.65. The zero-order chi connectivity index (χ0) is 13.4. The molecule has 1 unspecified atom stereocenters. The molecule has 1 atom stereocenters. The lowest BCUT2D eigenvalue weighted by molar-refractivity contribution is -0.142. The summed E-state index contributed by atoms with van der Waals surface area (Å²) in [6, 6.07) is 7.86. The van der Waals surface area contributed by atoms with Crippen molar-refractivity contribution >= 4 is 21.9 Å². The number of halogens is 1. The monoisotopic (exact) mass is 312 g/mol. The van der Waals surface area contributed by atoms with Crippen molar-refractivity contribution in [1.29, 1.82) is 0 Å². The molecule has 0 saturated heterocycles. The topological polar surface area (TPSA) is 37.3 Å². The SMILES string of the molecule is CCCCCCC(Cc1ccccc1Br)C(=O)O. The highest BCUT2D eigenvalue weighted by atomic mass is 79.9. The van der Waals surface area contributed by atoms with Gasteiger partial charge in [-0.2, -0.15) is 0 Å². The van der Waals surface area contributed by atoms with Gasteiger partial charge in [0, 0.05) is 4.47 Å². The molecule has 0 bridgehead atoms. The molecule has 0 aromatic heterocycles. The Kier molecular flexibility index (Phi) is 7.02. The second-order valence-corrected chi connectivity index (χ2v) is 5.53. The minimum atomic E-state index is -0.678. The van der Waals surface area contributed by atoms with Crippen LogP contribution in [0.2, 0.25) is 0 Å². The summed E-state index contributed by atoms with van der Waals surface area (Å²) < 4.78 is 1.00. The summed E-state index contributed by atoms with van der Waals surface area (Å²) in [5.74, 6) is -0.942. The fourth-order valence-corrected chi connectivity index (χ4v) is 2.51. The molecule has 1 rings (SSSR count). The molecule has 0 fully saturated rings. The van der Waals surface area contributed by atoms with Gasteiger partial charge in [0.1, 0.15) is 0 Å². The Morgan fingerprint density at radius 2 is 2.00 bits per heavy atom. The number of hydrogen-bond donors (Lipinski definition) is 1. The summed E-state index contributed by atoms with van der Waals surface area (Å²) in [7, 11) is 0. The lowest BCUT2D eigenvalue weighted by Gasteiger charge is -2.13. The van der Waals surface area contributed by atoms with Crippen LogP contribution in [0.1, 0.15) is 44.6 Å². The molecule has 2 nitrogen and oxygen atoms in total. The number of hydrogen-bond acceptors (Lipinski definition) is 1. The van der Waals surface area contributed by atoms with Crippen molar-refractivity contribution in [1.82, 2.24) is 0 Å². The van der Waals surface area contributed by atoms with E-state index in [-0.39, 0.29) is 5.92 Å². The Morgan fingerprint density at radius 1 is 1.28 bits per heavy atom. The van der Waals surface area contributed by atoms with Crippen molar-refractivity contribution in [2.75, 3.05) is 0 Å². The van der Waals surface area contributed by atoms with Gasteiger partial charge in [0.05, 0.1) is 5.92 Å². The summed E-state index contributed by atoms with van der Waals surface area (Å²) in [5.41, 5.74) is 1.08. The van der Waals surface area contributed by atoms with E-state index in [1.807, 2.05) is 24.3 Å². The van der Waals surface area contributed by atoms with E-state index in [1.54, 1.807) is 0 Å². The van der Waals surface area contributed by atoms with Crippen molar-refractivity contribution in [2.45, 2.75) is 45.4 Å². The molecule has 0 saturated carbocycles. The molecule has 1 aromatic rings. The van der Waals surface area contributed by atoms with Gasteiger partial charge in [0.25, 0.3) is 0 Å². The Hall–Kier alpha value is -0.830. The van der Waals surface area contributed by atoms with Crippen molar-refractivity contribution < 1.29 is 9.90 Å². The highest BCUT2D eigenvalue weighted by molar-refractivity contribution is 9.10. The molecular weight excluding hydrogens is 292 g/mol. The molecule has 0 radical (unpaired) electrons. The fraction of sp³-hybridized carbons (Fsp3) is 0.533. The second kappa shape index (κ2) is 8.30. The van der Waals surface area contributed by atoms with Crippen LogP contribution >= 0.6 is 15.9 Å². The minimum absolute atomic E-state index is 0.263. The number of carboxylic acid groups (broad SMARTS) is 1. The summed E-state index contributed by atoms with van der Waals surface area (Å²) in [4.78, 5) is 11.3. The normalized spacial score (nSPS) is 12.3. The van der Waals surface area contributed by atoms with Gasteiger partial charge in [-0.25, -0.2) is 0 Å². The second-order valence-electron chi connectivity index (χ2n) is 4.68. The first kappa shape index (κ1) is 15.2. The van der Waals surface area contributed by atoms with Gasteiger partial charge in [0.2, 0.25) is 0 Å². The summed E-state index contributed by atoms with van der Waals surface area (Å²) >= 11 is 3.47. The average Bonchev–Trinajstić information content (AvgIpc) is 2.35. The standard InChI is InChI=1S/C15H21BrO2/c1-2-3-4-5-9-13(15(17)18)11-12-8-6-7-10-14(12)16/h6-8,10,13H,2-5,9,11H2,1H3,(H,17,18). The number of carbonyl (C=O) groups is 1. The first-order valence-corrected chi connectivity index (χ1v) is 7.40. The maximum atomic E-state index is 11.3. The third-order valence-electron chi connectivity index (χ3n) is 3.18. The molecule has 0 heterocycles. The van der Waals surface area contributed by atoms with Gasteiger partial charge in [-0.1, -0.05) is 66.7 Å². The van der Waals surface area contributed by atoms with Gasteiger partial charge in [0.15, 0.2) is 0 Å². The lowest BCUT2D eigenvalue weighted by atomic mass is 9.94. The van der Waals surface area contributed by atoms with Gasteiger partial charge < -0.3 is 5.11 Å². The molecule has 18 heavy (non-hydrogen) atoms. The van der Waals surface area contributed by atoms with E-state index in [0.29, 0.717) is 6.42 Å². The van der Waals surface area contributed by atoms with Crippen LogP contribution in [0.3, 0.4) is 0 Å². The van der Waals surface area contributed by atoms with E-state index in [1.165, 1.54) is 12.8 Å². The van der Waals surface area contributed by atoms with Crippen LogP contribution in [-0.4, -0.2) is 11.1 Å². The molecule has 1 aromatic carbocycles. The number of rotatable bonds is 8. The van der Waals surface area contributed by atoms with Gasteiger partial charge in [-0.05, 0) is 24.5 Å². The maximum absolute atomic E-state index is 11.3. The van der Waals surface area contributed by atoms with Crippen LogP contribution in [0.4, 0.5) is 0 Å². The highest BCUT2D eigenvalue weighted by Crippen LogP contribution is 2.22. The minimum Gasteiger partial charge on any atom is -0.481 e. The summed E-state index contributed by atoms with van der Waals surface area (Å²) in [6.07, 6.45) is 5.91. The van der Waals surface area contributed by atoms with E-state index in [4.69, 9.17) is 0 Å². The largest absolute Gasteiger partial charge is 0.481 e. The maximum Gasteiger partial charge on any atom is 0.306 e. The Bertz CT molecular complexity index is 377. The number of benzene rings is 1. The molecular formula is C15H21BrO2. The summed E-state index contributed by atoms with van der Waals surface area (Å²) in [6.45, 7) is 2.16. The van der Waals surface area contributed by atoms with Crippen molar-refractivity contribution in [2.24, 2.45) is 5.92 Å². The first-order valence-electron chi connectivity index (χ1n) is 6.61. The summed E-state index contributed by atoms with van der Waals surface area (Å²) in [5, 5.41) is 9.27. The Balaban J connectivity index is 2.53. The highest BCUT2D eigenvalue weighted by Gasteiger charge is 2.18. The number of carboxylic acids is 1. The van der Waals surface area contributed by atoms with Gasteiger partial charge in [-0.3, -0.25) is 4.79 Å². The third kappa shape index (κ3) is 5.21. The van der Waals surface area contributed by atoms with Crippen LogP contribution in [-0.2, 0) is 11.2 Å². The Morgan fingerprint density at radius 3 is 2.61 bits per heavy atom. The molecule has 0 amide bonds. The number of aliphatic carboxylic acids is 1. The molecule has 3 heteroatoms. The molecule has 0 aliphatic rings. The van der Waals surface area contributed by atoms with Crippen LogP contribution in [0, 0.1) is 5.92 Å². The molecule has 0 spiro atoms. The van der Waals surface area contributed by atoms with Crippen LogP contribution in [0.15, 0.2) is 28.7 Å². The third-order valence-corrected chi connectivity index (χ3v) is 3.95. The Labute approximate surface area is 118 Å². The fourth-order valence-electron chi connectivity index (χ4n) is 2.06. The van der Waals surface area contributed by atoms with Gasteiger partial charge in [-0.15, -0.1) is 0 Å². The van der Waals surface area contributed by atoms with E-state index in [2.05, 4.69) is 22.9 Å². The van der Waals surface area contributed by atoms with E-state index in [0.717, 1.165) is 29.3 Å². The molecule has 0 aliphatic carbocycles. The van der Waals surface area contributed by atoms with Crippen molar-refractivity contribution in [3.05, 3.63) is 34.3 Å². The zero-order valence-corrected chi connectivity index (χ0v) is 12.4. The smallest absolute Gasteiger partial charge is 0.306 e. The molecule has 1 N–H and O–H groups in total. The van der Waals surface area contributed by atoms with Gasteiger partial charge >= 0.3 is 5.97 Å². The predicted molar refractivity (Wildman–Crippen MR) is 77.7 cm³/mol. The van der Waals surface area contributed by atoms with Crippen molar-refractivity contribution in [3.8, 4) is 0 Å². The molecule has 100 valence electrons. The zero-order valence-electron chi connectivity index (χ0n) is 10.9. The quantitative estimate of drug-likeness (QED) is 0.709. The van der Waals surface area contributed by atoms with Crippen molar-refractivity contribution in [3.63, 3.8) is 0 Å².